The maximum Gasteiger partial charge on any atom is 0.323 e. The van der Waals surface area contributed by atoms with Crippen molar-refractivity contribution >= 4 is 50.8 Å². The van der Waals surface area contributed by atoms with Crippen LogP contribution in [0.15, 0.2) is 40.9 Å². The Balaban J connectivity index is 2.13. The molecule has 9 heteroatoms. The second-order valence-corrected chi connectivity index (χ2v) is 6.61. The van der Waals surface area contributed by atoms with E-state index in [4.69, 9.17) is 16.7 Å². The minimum absolute atomic E-state index is 0.0186. The fourth-order valence-electron chi connectivity index (χ4n) is 2.10. The van der Waals surface area contributed by atoms with Crippen LogP contribution in [0, 0.1) is 5.82 Å². The molecule has 0 atom stereocenters. The van der Waals surface area contributed by atoms with Gasteiger partial charge in [0.25, 0.3) is 5.91 Å². The van der Waals surface area contributed by atoms with Crippen molar-refractivity contribution in [3.63, 3.8) is 0 Å². The van der Waals surface area contributed by atoms with Crippen LogP contribution in [0.1, 0.15) is 16.8 Å². The average molecular weight is 445 g/mol. The summed E-state index contributed by atoms with van der Waals surface area (Å²) in [6.07, 6.45) is 0.389. The van der Waals surface area contributed by atoms with Crippen LogP contribution in [0.4, 0.5) is 20.6 Å². The maximum absolute atomic E-state index is 13.5. The zero-order valence-corrected chi connectivity index (χ0v) is 15.8. The Morgan fingerprint density at radius 2 is 1.92 bits per heavy atom. The first-order chi connectivity index (χ1) is 12.4. The van der Waals surface area contributed by atoms with Gasteiger partial charge in [-0.05, 0) is 42.8 Å². The number of amides is 3. The smallest absolute Gasteiger partial charge is 0.323 e. The van der Waals surface area contributed by atoms with Gasteiger partial charge in [0.2, 0.25) is 0 Å². The summed E-state index contributed by atoms with van der Waals surface area (Å²) < 4.78 is 14.2. The molecule has 0 aliphatic carbocycles. The summed E-state index contributed by atoms with van der Waals surface area (Å²) >= 11 is 9.18. The van der Waals surface area contributed by atoms with E-state index in [2.05, 4.69) is 31.9 Å². The molecule has 26 heavy (non-hydrogen) atoms. The molecular weight excluding hydrogens is 429 g/mol. The Morgan fingerprint density at radius 3 is 2.62 bits per heavy atom. The highest BCUT2D eigenvalue weighted by Gasteiger charge is 2.14. The summed E-state index contributed by atoms with van der Waals surface area (Å²) in [6, 6.07) is 7.63. The molecule has 0 aromatic heterocycles. The summed E-state index contributed by atoms with van der Waals surface area (Å²) in [6.45, 7) is 0.196. The predicted octanol–water partition coefficient (Wildman–Crippen LogP) is 4.00. The Labute approximate surface area is 162 Å². The van der Waals surface area contributed by atoms with Gasteiger partial charge in [-0.25, -0.2) is 9.18 Å². The standard InChI is InChI=1S/C17H16BrClFN3O3/c18-10-6-11(19)8-13(7-10)22-17(26)23-15-9-12(20)2-3-14(15)16(25)21-4-1-5-24/h2-3,6-9,24H,1,4-5H2,(H,21,25)(H2,22,23,26). The molecule has 2 aromatic carbocycles. The van der Waals surface area contributed by atoms with Crippen LogP contribution in [0.5, 0.6) is 0 Å². The van der Waals surface area contributed by atoms with Crippen LogP contribution in [0.25, 0.3) is 0 Å². The van der Waals surface area contributed by atoms with Crippen molar-refractivity contribution in [2.45, 2.75) is 6.42 Å². The molecule has 0 aliphatic heterocycles. The van der Waals surface area contributed by atoms with E-state index in [1.807, 2.05) is 0 Å². The normalized spacial score (nSPS) is 10.3. The van der Waals surface area contributed by atoms with E-state index < -0.39 is 17.8 Å². The van der Waals surface area contributed by atoms with Crippen molar-refractivity contribution in [2.24, 2.45) is 0 Å². The number of carbonyl (C=O) groups is 2. The van der Waals surface area contributed by atoms with E-state index in [1.165, 1.54) is 6.07 Å². The SMILES string of the molecule is O=C(Nc1cc(Cl)cc(Br)c1)Nc1cc(F)ccc1C(=O)NCCCO. The van der Waals surface area contributed by atoms with Gasteiger partial charge in [0.15, 0.2) is 0 Å². The second kappa shape index (κ2) is 9.51. The van der Waals surface area contributed by atoms with Gasteiger partial charge in [0, 0.05) is 28.3 Å². The molecule has 6 nitrogen and oxygen atoms in total. The minimum atomic E-state index is -0.658. The highest BCUT2D eigenvalue weighted by atomic mass is 79.9. The molecule has 3 amide bonds. The first-order valence-electron chi connectivity index (χ1n) is 7.62. The van der Waals surface area contributed by atoms with Crippen molar-refractivity contribution in [3.05, 3.63) is 57.3 Å². The summed E-state index contributed by atoms with van der Waals surface area (Å²) in [7, 11) is 0. The van der Waals surface area contributed by atoms with E-state index in [1.54, 1.807) is 18.2 Å². The Morgan fingerprint density at radius 1 is 1.15 bits per heavy atom. The first kappa shape index (κ1) is 20.2. The number of hydrogen-bond acceptors (Lipinski definition) is 3. The number of anilines is 2. The van der Waals surface area contributed by atoms with Crippen molar-refractivity contribution in [1.82, 2.24) is 5.32 Å². The summed E-state index contributed by atoms with van der Waals surface area (Å²) in [5.41, 5.74) is 0.545. The van der Waals surface area contributed by atoms with Crippen molar-refractivity contribution in [1.29, 1.82) is 0 Å². The van der Waals surface area contributed by atoms with Gasteiger partial charge < -0.3 is 21.1 Å². The fourth-order valence-corrected chi connectivity index (χ4v) is 2.96. The highest BCUT2D eigenvalue weighted by Crippen LogP contribution is 2.23. The van der Waals surface area contributed by atoms with E-state index in [9.17, 15) is 14.0 Å². The van der Waals surface area contributed by atoms with Gasteiger partial charge >= 0.3 is 6.03 Å². The molecule has 2 aromatic rings. The number of hydrogen-bond donors (Lipinski definition) is 4. The molecule has 0 spiro atoms. The third-order valence-electron chi connectivity index (χ3n) is 3.22. The molecule has 0 saturated heterocycles. The largest absolute Gasteiger partial charge is 0.396 e. The van der Waals surface area contributed by atoms with Crippen LogP contribution in [-0.2, 0) is 0 Å². The lowest BCUT2D eigenvalue weighted by molar-refractivity contribution is 0.0952. The Kier molecular flexibility index (Phi) is 7.38. The molecule has 0 aliphatic rings. The summed E-state index contributed by atoms with van der Waals surface area (Å²) in [4.78, 5) is 24.4. The number of nitrogens with one attached hydrogen (secondary N) is 3. The number of rotatable bonds is 6. The number of aliphatic hydroxyl groups excluding tert-OH is 1. The summed E-state index contributed by atoms with van der Waals surface area (Å²) in [5.74, 6) is -1.09. The van der Waals surface area contributed by atoms with Crippen LogP contribution >= 0.6 is 27.5 Å². The molecule has 0 heterocycles. The number of carbonyl (C=O) groups excluding carboxylic acids is 2. The minimum Gasteiger partial charge on any atom is -0.396 e. The summed E-state index contributed by atoms with van der Waals surface area (Å²) in [5, 5.41) is 16.8. The third kappa shape index (κ3) is 5.98. The zero-order chi connectivity index (χ0) is 19.1. The first-order valence-corrected chi connectivity index (χ1v) is 8.79. The molecule has 0 unspecified atom stereocenters. The van der Waals surface area contributed by atoms with Gasteiger partial charge in [0.05, 0.1) is 11.3 Å². The molecule has 2 rings (SSSR count). The van der Waals surface area contributed by atoms with Crippen LogP contribution < -0.4 is 16.0 Å². The van der Waals surface area contributed by atoms with Crippen LogP contribution in [-0.4, -0.2) is 30.2 Å². The fraction of sp³-hybridized carbons (Fsp3) is 0.176. The van der Waals surface area contributed by atoms with Crippen LogP contribution in [0.3, 0.4) is 0 Å². The molecule has 138 valence electrons. The van der Waals surface area contributed by atoms with Crippen molar-refractivity contribution in [3.8, 4) is 0 Å². The Bertz CT molecular complexity index is 800. The van der Waals surface area contributed by atoms with Crippen molar-refractivity contribution in [2.75, 3.05) is 23.8 Å². The zero-order valence-electron chi connectivity index (χ0n) is 13.5. The molecule has 0 saturated carbocycles. The molecule has 4 N–H and O–H groups in total. The molecule has 0 radical (unpaired) electrons. The number of urea groups is 1. The molecular formula is C17H16BrClFN3O3. The van der Waals surface area contributed by atoms with E-state index in [-0.39, 0.29) is 24.4 Å². The van der Waals surface area contributed by atoms with E-state index >= 15 is 0 Å². The second-order valence-electron chi connectivity index (χ2n) is 5.26. The predicted molar refractivity (Wildman–Crippen MR) is 102 cm³/mol. The highest BCUT2D eigenvalue weighted by molar-refractivity contribution is 9.10. The average Bonchev–Trinajstić information content (AvgIpc) is 2.53. The topological polar surface area (TPSA) is 90.5 Å². The van der Waals surface area contributed by atoms with Crippen LogP contribution in [0.2, 0.25) is 5.02 Å². The number of benzene rings is 2. The number of halogens is 3. The van der Waals surface area contributed by atoms with E-state index in [0.29, 0.717) is 21.6 Å². The number of aliphatic hydroxyl groups is 1. The lowest BCUT2D eigenvalue weighted by Gasteiger charge is -2.13. The van der Waals surface area contributed by atoms with Gasteiger partial charge in [-0.15, -0.1) is 0 Å². The molecule has 0 fully saturated rings. The van der Waals surface area contributed by atoms with Gasteiger partial charge in [0.1, 0.15) is 5.82 Å². The van der Waals surface area contributed by atoms with E-state index in [0.717, 1.165) is 12.1 Å². The van der Waals surface area contributed by atoms with Gasteiger partial charge in [-0.2, -0.15) is 0 Å². The monoisotopic (exact) mass is 443 g/mol. The molecule has 0 bridgehead atoms. The third-order valence-corrected chi connectivity index (χ3v) is 3.89. The van der Waals surface area contributed by atoms with Crippen molar-refractivity contribution < 1.29 is 19.1 Å². The maximum atomic E-state index is 13.5. The van der Waals surface area contributed by atoms with Gasteiger partial charge in [-0.3, -0.25) is 4.79 Å². The lowest BCUT2D eigenvalue weighted by Crippen LogP contribution is -2.27. The Hall–Kier alpha value is -2.16. The van der Waals surface area contributed by atoms with Gasteiger partial charge in [-0.1, -0.05) is 27.5 Å². The lowest BCUT2D eigenvalue weighted by atomic mass is 10.1. The quantitative estimate of drug-likeness (QED) is 0.508.